The Morgan fingerprint density at radius 2 is 1.85 bits per heavy atom. The monoisotopic (exact) mass is 548 g/mol. The molecule has 0 spiro atoms. The number of imidazole rings is 1. The lowest BCUT2D eigenvalue weighted by Gasteiger charge is -2.35. The Morgan fingerprint density at radius 1 is 1.07 bits per heavy atom. The standard InChI is InChI=1S/C30H38F2N8/c1-7-22(8-2)40-19(4)34-29-23(31)14-21(15-26(29)40)28-24(32)16-33-30(37-28)36-27-10-9-20-17-39(12-11-38(5)6)18(3)13-25(20)35-27/h9-10,14-16,18,22H,7-8,11-13,17H2,1-6H3,(H,33,35,36,37)/t18-/m1/s1. The van der Waals surface area contributed by atoms with Crippen LogP contribution in [-0.2, 0) is 13.0 Å². The van der Waals surface area contributed by atoms with Crippen molar-refractivity contribution in [1.82, 2.24) is 34.3 Å². The van der Waals surface area contributed by atoms with Gasteiger partial charge in [-0.05, 0) is 64.5 Å². The number of rotatable bonds is 9. The zero-order valence-corrected chi connectivity index (χ0v) is 24.2. The van der Waals surface area contributed by atoms with Crippen LogP contribution in [0, 0.1) is 18.6 Å². The number of hydrogen-bond donors (Lipinski definition) is 1. The van der Waals surface area contributed by atoms with E-state index in [1.165, 1.54) is 11.6 Å². The molecule has 0 saturated carbocycles. The van der Waals surface area contributed by atoms with Gasteiger partial charge in [0.05, 0.1) is 11.7 Å². The van der Waals surface area contributed by atoms with Crippen LogP contribution in [0.2, 0.25) is 0 Å². The fraction of sp³-hybridized carbons (Fsp3) is 0.467. The largest absolute Gasteiger partial charge is 0.325 e. The van der Waals surface area contributed by atoms with Gasteiger partial charge in [-0.15, -0.1) is 0 Å². The lowest BCUT2D eigenvalue weighted by Crippen LogP contribution is -2.42. The summed E-state index contributed by atoms with van der Waals surface area (Å²) in [4.78, 5) is 22.5. The second-order valence-corrected chi connectivity index (χ2v) is 11.0. The molecule has 0 aliphatic carbocycles. The van der Waals surface area contributed by atoms with E-state index in [1.807, 2.05) is 17.6 Å². The first-order chi connectivity index (χ1) is 19.2. The quantitative estimate of drug-likeness (QED) is 0.280. The predicted octanol–water partition coefficient (Wildman–Crippen LogP) is 5.89. The Labute approximate surface area is 234 Å². The third-order valence-electron chi connectivity index (χ3n) is 7.88. The summed E-state index contributed by atoms with van der Waals surface area (Å²) in [7, 11) is 4.17. The molecule has 1 atom stereocenters. The smallest absolute Gasteiger partial charge is 0.229 e. The SMILES string of the molecule is CCC(CC)n1c(C)nc2c(F)cc(-c3nc(Nc4ccc5c(n4)C[C@@H](C)N(CCN(C)C)C5)ncc3F)cc21. The lowest BCUT2D eigenvalue weighted by molar-refractivity contribution is 0.166. The second-order valence-electron chi connectivity index (χ2n) is 11.0. The Morgan fingerprint density at radius 3 is 2.58 bits per heavy atom. The zero-order valence-electron chi connectivity index (χ0n) is 24.2. The maximum absolute atomic E-state index is 15.2. The van der Waals surface area contributed by atoms with Crippen molar-refractivity contribution in [2.45, 2.75) is 65.6 Å². The van der Waals surface area contributed by atoms with Gasteiger partial charge in [-0.2, -0.15) is 0 Å². The molecule has 0 bridgehead atoms. The Balaban J connectivity index is 1.43. The van der Waals surface area contributed by atoms with E-state index in [2.05, 4.69) is 71.0 Å². The minimum atomic E-state index is -0.625. The van der Waals surface area contributed by atoms with Crippen molar-refractivity contribution >= 4 is 22.8 Å². The van der Waals surface area contributed by atoms with Crippen LogP contribution in [0.4, 0.5) is 20.5 Å². The number of fused-ring (bicyclic) bond motifs is 2. The molecule has 4 aromatic rings. The van der Waals surface area contributed by atoms with Gasteiger partial charge >= 0.3 is 0 Å². The van der Waals surface area contributed by atoms with Crippen molar-refractivity contribution in [3.63, 3.8) is 0 Å². The number of benzene rings is 1. The third kappa shape index (κ3) is 5.55. The van der Waals surface area contributed by atoms with Crippen molar-refractivity contribution < 1.29 is 8.78 Å². The number of aromatic nitrogens is 5. The van der Waals surface area contributed by atoms with Gasteiger partial charge in [0.25, 0.3) is 0 Å². The molecule has 5 rings (SSSR count). The number of anilines is 2. The van der Waals surface area contributed by atoms with E-state index in [0.717, 1.165) is 56.6 Å². The van der Waals surface area contributed by atoms with Gasteiger partial charge < -0.3 is 14.8 Å². The molecule has 1 aromatic carbocycles. The van der Waals surface area contributed by atoms with Crippen molar-refractivity contribution in [3.05, 3.63) is 59.2 Å². The average Bonchev–Trinajstić information content (AvgIpc) is 3.25. The molecule has 4 heterocycles. The topological polar surface area (TPSA) is 75.0 Å². The minimum absolute atomic E-state index is 0.0244. The van der Waals surface area contributed by atoms with Crippen molar-refractivity contribution in [3.8, 4) is 11.3 Å². The normalized spacial score (nSPS) is 15.8. The van der Waals surface area contributed by atoms with Crippen molar-refractivity contribution in [1.29, 1.82) is 0 Å². The molecule has 3 aromatic heterocycles. The highest BCUT2D eigenvalue weighted by molar-refractivity contribution is 5.83. The van der Waals surface area contributed by atoms with Crippen LogP contribution in [0.25, 0.3) is 22.3 Å². The number of hydrogen-bond acceptors (Lipinski definition) is 7. The van der Waals surface area contributed by atoms with Crippen molar-refractivity contribution in [2.24, 2.45) is 0 Å². The number of aryl methyl sites for hydroxylation is 1. The minimum Gasteiger partial charge on any atom is -0.325 e. The van der Waals surface area contributed by atoms with Crippen LogP contribution in [-0.4, -0.2) is 67.5 Å². The van der Waals surface area contributed by atoms with Gasteiger partial charge in [-0.25, -0.2) is 28.7 Å². The van der Waals surface area contributed by atoms with E-state index < -0.39 is 11.6 Å². The molecule has 0 saturated heterocycles. The van der Waals surface area contributed by atoms with E-state index in [1.54, 1.807) is 6.07 Å². The highest BCUT2D eigenvalue weighted by atomic mass is 19.1. The average molecular weight is 549 g/mol. The van der Waals surface area contributed by atoms with Crippen LogP contribution >= 0.6 is 0 Å². The maximum atomic E-state index is 15.2. The summed E-state index contributed by atoms with van der Waals surface area (Å²) in [6.45, 7) is 11.2. The fourth-order valence-electron chi connectivity index (χ4n) is 5.60. The molecule has 8 nitrogen and oxygen atoms in total. The number of likely N-dealkylation sites (N-methyl/N-ethyl adjacent to an activating group) is 1. The summed E-state index contributed by atoms with van der Waals surface area (Å²) >= 11 is 0. The molecule has 212 valence electrons. The second kappa shape index (κ2) is 11.5. The Bertz CT molecular complexity index is 1510. The van der Waals surface area contributed by atoms with Gasteiger partial charge in [0.15, 0.2) is 11.6 Å². The first-order valence-electron chi connectivity index (χ1n) is 14.0. The number of halogens is 2. The number of pyridine rings is 1. The van der Waals surface area contributed by atoms with Gasteiger partial charge in [0.1, 0.15) is 22.9 Å². The molecular formula is C30H38F2N8. The van der Waals surface area contributed by atoms with Crippen LogP contribution in [0.1, 0.15) is 56.7 Å². The van der Waals surface area contributed by atoms with Gasteiger partial charge in [-0.3, -0.25) is 4.90 Å². The van der Waals surface area contributed by atoms with E-state index in [0.29, 0.717) is 22.9 Å². The molecular weight excluding hydrogens is 510 g/mol. The molecule has 0 amide bonds. The summed E-state index contributed by atoms with van der Waals surface area (Å²) in [5.74, 6) is 0.399. The van der Waals surface area contributed by atoms with Crippen molar-refractivity contribution in [2.75, 3.05) is 32.5 Å². The van der Waals surface area contributed by atoms with E-state index >= 15 is 8.78 Å². The molecule has 1 aliphatic rings. The number of nitrogens with zero attached hydrogens (tertiary/aromatic N) is 7. The molecule has 1 N–H and O–H groups in total. The fourth-order valence-corrected chi connectivity index (χ4v) is 5.60. The van der Waals surface area contributed by atoms with Gasteiger partial charge in [0, 0.05) is 49.4 Å². The predicted molar refractivity (Wildman–Crippen MR) is 155 cm³/mol. The highest BCUT2D eigenvalue weighted by Crippen LogP contribution is 2.32. The van der Waals surface area contributed by atoms with Crippen LogP contribution in [0.3, 0.4) is 0 Å². The molecule has 0 unspecified atom stereocenters. The van der Waals surface area contributed by atoms with Gasteiger partial charge in [-0.1, -0.05) is 19.9 Å². The lowest BCUT2D eigenvalue weighted by atomic mass is 9.99. The number of nitrogens with one attached hydrogen (secondary N) is 1. The first kappa shape index (κ1) is 28.0. The van der Waals surface area contributed by atoms with Crippen LogP contribution in [0.5, 0.6) is 0 Å². The van der Waals surface area contributed by atoms with Crippen LogP contribution in [0.15, 0.2) is 30.5 Å². The summed E-state index contributed by atoms with van der Waals surface area (Å²) in [6.07, 6.45) is 3.71. The first-order valence-corrected chi connectivity index (χ1v) is 14.0. The Kier molecular flexibility index (Phi) is 8.09. The van der Waals surface area contributed by atoms with E-state index in [9.17, 15) is 0 Å². The van der Waals surface area contributed by atoms with Gasteiger partial charge in [0.2, 0.25) is 5.95 Å². The van der Waals surface area contributed by atoms with Crippen LogP contribution < -0.4 is 5.32 Å². The summed E-state index contributed by atoms with van der Waals surface area (Å²) in [5, 5.41) is 3.13. The molecule has 10 heteroatoms. The highest BCUT2D eigenvalue weighted by Gasteiger charge is 2.24. The third-order valence-corrected chi connectivity index (χ3v) is 7.88. The van der Waals surface area contributed by atoms with E-state index in [4.69, 9.17) is 4.98 Å². The maximum Gasteiger partial charge on any atom is 0.229 e. The molecule has 0 fully saturated rings. The summed E-state index contributed by atoms with van der Waals surface area (Å²) in [5.41, 5.74) is 3.53. The molecule has 1 aliphatic heterocycles. The Hall–Kier alpha value is -3.50. The zero-order chi connectivity index (χ0) is 28.6. The van der Waals surface area contributed by atoms with E-state index in [-0.39, 0.29) is 23.2 Å². The molecule has 40 heavy (non-hydrogen) atoms. The summed E-state index contributed by atoms with van der Waals surface area (Å²) in [6, 6.07) is 7.59. The molecule has 0 radical (unpaired) electrons. The summed E-state index contributed by atoms with van der Waals surface area (Å²) < 4.78 is 32.3.